The van der Waals surface area contributed by atoms with Gasteiger partial charge < -0.3 is 14.8 Å². The van der Waals surface area contributed by atoms with Crippen molar-refractivity contribution in [3.8, 4) is 22.9 Å². The van der Waals surface area contributed by atoms with Crippen LogP contribution in [0.2, 0.25) is 5.02 Å². The van der Waals surface area contributed by atoms with Crippen LogP contribution in [0.4, 0.5) is 5.82 Å². The number of nitrogens with one attached hydrogen (secondary N) is 1. The lowest BCUT2D eigenvalue weighted by Gasteiger charge is -2.15. The lowest BCUT2D eigenvalue weighted by molar-refractivity contribution is 0.306. The summed E-state index contributed by atoms with van der Waals surface area (Å²) in [5.74, 6) is 2.03. The molecule has 1 aromatic carbocycles. The number of ether oxygens (including phenoxy) is 2. The Morgan fingerprint density at radius 3 is 2.41 bits per heavy atom. The maximum absolute atomic E-state index is 6.57. The molecule has 2 aromatic rings. The van der Waals surface area contributed by atoms with Gasteiger partial charge >= 0.3 is 0 Å². The van der Waals surface area contributed by atoms with Crippen LogP contribution in [0, 0.1) is 0 Å². The molecular weight excluding hydrogens is 386 g/mol. The van der Waals surface area contributed by atoms with E-state index in [-0.39, 0.29) is 0 Å². The van der Waals surface area contributed by atoms with Gasteiger partial charge in [-0.2, -0.15) is 4.98 Å². The number of benzene rings is 1. The van der Waals surface area contributed by atoms with Crippen molar-refractivity contribution in [2.45, 2.75) is 65.7 Å². The molecule has 0 amide bonds. The summed E-state index contributed by atoms with van der Waals surface area (Å²) in [6.45, 7) is 8.03. The zero-order valence-corrected chi connectivity index (χ0v) is 18.9. The molecule has 1 aromatic heterocycles. The summed E-state index contributed by atoms with van der Waals surface area (Å²) >= 11 is 6.57. The Balaban J connectivity index is 2.24. The molecule has 2 rings (SSSR count). The normalized spacial score (nSPS) is 10.8. The standard InChI is InChI=1S/C23H34ClN3O2/c1-5-8-10-14-25-22-20(7-3)26-21(23(27-22)28-4)18-13-12-17(16-19(18)24)29-15-11-9-6-2/h12-13,16H,5-11,14-15H2,1-4H3,(H,25,27). The first-order valence-electron chi connectivity index (χ1n) is 10.8. The lowest BCUT2D eigenvalue weighted by atomic mass is 10.1. The molecular formula is C23H34ClN3O2. The Morgan fingerprint density at radius 1 is 1.00 bits per heavy atom. The molecule has 1 heterocycles. The van der Waals surface area contributed by atoms with Gasteiger partial charge in [0.15, 0.2) is 5.82 Å². The molecule has 1 N–H and O–H groups in total. The first-order chi connectivity index (χ1) is 14.1. The van der Waals surface area contributed by atoms with Crippen LogP contribution in [0.1, 0.15) is 65.0 Å². The molecule has 0 saturated heterocycles. The van der Waals surface area contributed by atoms with Crippen molar-refractivity contribution >= 4 is 17.4 Å². The molecule has 0 aliphatic carbocycles. The Hall–Kier alpha value is -2.01. The Morgan fingerprint density at radius 2 is 1.76 bits per heavy atom. The van der Waals surface area contributed by atoms with Crippen LogP contribution >= 0.6 is 11.6 Å². The van der Waals surface area contributed by atoms with Crippen LogP contribution in [0.15, 0.2) is 18.2 Å². The van der Waals surface area contributed by atoms with Gasteiger partial charge in [-0.25, -0.2) is 4.98 Å². The van der Waals surface area contributed by atoms with E-state index in [1.165, 1.54) is 19.3 Å². The van der Waals surface area contributed by atoms with Crippen molar-refractivity contribution < 1.29 is 9.47 Å². The number of hydrogen-bond acceptors (Lipinski definition) is 5. The van der Waals surface area contributed by atoms with E-state index in [1.807, 2.05) is 18.2 Å². The maximum atomic E-state index is 6.57. The molecule has 0 radical (unpaired) electrons. The Bertz CT molecular complexity index is 768. The van der Waals surface area contributed by atoms with Gasteiger partial charge in [0, 0.05) is 12.1 Å². The zero-order chi connectivity index (χ0) is 21.1. The van der Waals surface area contributed by atoms with E-state index >= 15 is 0 Å². The molecule has 6 heteroatoms. The fourth-order valence-corrected chi connectivity index (χ4v) is 3.32. The number of hydrogen-bond donors (Lipinski definition) is 1. The summed E-state index contributed by atoms with van der Waals surface area (Å²) in [6, 6.07) is 5.70. The molecule has 0 saturated carbocycles. The highest BCUT2D eigenvalue weighted by Gasteiger charge is 2.17. The smallest absolute Gasteiger partial charge is 0.242 e. The van der Waals surface area contributed by atoms with E-state index in [9.17, 15) is 0 Å². The van der Waals surface area contributed by atoms with Crippen molar-refractivity contribution in [3.05, 3.63) is 28.9 Å². The molecule has 0 unspecified atom stereocenters. The fraction of sp³-hybridized carbons (Fsp3) is 0.565. The quantitative estimate of drug-likeness (QED) is 0.373. The first-order valence-corrected chi connectivity index (χ1v) is 11.1. The van der Waals surface area contributed by atoms with Gasteiger partial charge in [0.05, 0.1) is 24.4 Å². The van der Waals surface area contributed by atoms with Gasteiger partial charge in [-0.1, -0.05) is 58.1 Å². The SMILES string of the molecule is CCCCCNc1nc(OC)c(-c2ccc(OCCCCC)cc2Cl)nc1CC. The molecule has 0 aliphatic heterocycles. The highest BCUT2D eigenvalue weighted by atomic mass is 35.5. The molecule has 160 valence electrons. The number of anilines is 1. The van der Waals surface area contributed by atoms with E-state index in [1.54, 1.807) is 7.11 Å². The van der Waals surface area contributed by atoms with Crippen molar-refractivity contribution in [2.24, 2.45) is 0 Å². The highest BCUT2D eigenvalue weighted by molar-refractivity contribution is 6.33. The average molecular weight is 420 g/mol. The zero-order valence-electron chi connectivity index (χ0n) is 18.2. The monoisotopic (exact) mass is 419 g/mol. The number of halogens is 1. The summed E-state index contributed by atoms with van der Waals surface area (Å²) in [4.78, 5) is 9.52. The van der Waals surface area contributed by atoms with Crippen LogP contribution in [0.3, 0.4) is 0 Å². The van der Waals surface area contributed by atoms with Gasteiger partial charge in [-0.3, -0.25) is 0 Å². The van der Waals surface area contributed by atoms with Crippen molar-refractivity contribution in [2.75, 3.05) is 25.6 Å². The third kappa shape index (κ3) is 6.77. The van der Waals surface area contributed by atoms with Crippen LogP contribution in [-0.4, -0.2) is 30.2 Å². The summed E-state index contributed by atoms with van der Waals surface area (Å²) in [7, 11) is 1.61. The Labute approximate surface area is 180 Å². The van der Waals surface area contributed by atoms with Crippen LogP contribution in [0.5, 0.6) is 11.6 Å². The number of nitrogens with zero attached hydrogens (tertiary/aromatic N) is 2. The van der Waals surface area contributed by atoms with Crippen molar-refractivity contribution in [1.29, 1.82) is 0 Å². The second kappa shape index (κ2) is 12.5. The summed E-state index contributed by atoms with van der Waals surface area (Å²) in [5, 5.41) is 3.98. The largest absolute Gasteiger partial charge is 0.494 e. The molecule has 0 fully saturated rings. The Kier molecular flexibility index (Phi) is 10.1. The van der Waals surface area contributed by atoms with E-state index in [4.69, 9.17) is 26.1 Å². The number of aromatic nitrogens is 2. The summed E-state index contributed by atoms with van der Waals surface area (Å²) in [5.41, 5.74) is 2.36. The molecule has 5 nitrogen and oxygen atoms in total. The maximum Gasteiger partial charge on any atom is 0.242 e. The third-order valence-electron chi connectivity index (χ3n) is 4.75. The minimum atomic E-state index is 0.471. The van der Waals surface area contributed by atoms with Crippen LogP contribution < -0.4 is 14.8 Å². The summed E-state index contributed by atoms with van der Waals surface area (Å²) in [6.07, 6.45) is 7.64. The topological polar surface area (TPSA) is 56.3 Å². The third-order valence-corrected chi connectivity index (χ3v) is 5.06. The second-order valence-corrected chi connectivity index (χ2v) is 7.47. The molecule has 29 heavy (non-hydrogen) atoms. The lowest BCUT2D eigenvalue weighted by Crippen LogP contribution is -2.10. The first kappa shape index (κ1) is 23.3. The number of unbranched alkanes of at least 4 members (excludes halogenated alkanes) is 4. The number of aryl methyl sites for hydroxylation is 1. The predicted octanol–water partition coefficient (Wildman–Crippen LogP) is 6.54. The van der Waals surface area contributed by atoms with Gasteiger partial charge in [-0.05, 0) is 37.5 Å². The van der Waals surface area contributed by atoms with Gasteiger partial charge in [0.2, 0.25) is 5.88 Å². The van der Waals surface area contributed by atoms with Crippen molar-refractivity contribution in [3.63, 3.8) is 0 Å². The van der Waals surface area contributed by atoms with Gasteiger partial charge in [0.25, 0.3) is 0 Å². The van der Waals surface area contributed by atoms with Crippen molar-refractivity contribution in [1.82, 2.24) is 9.97 Å². The number of rotatable bonds is 13. The van der Waals surface area contributed by atoms with Crippen LogP contribution in [-0.2, 0) is 6.42 Å². The molecule has 0 spiro atoms. The molecule has 0 bridgehead atoms. The van der Waals surface area contributed by atoms with E-state index in [2.05, 4.69) is 31.1 Å². The van der Waals surface area contributed by atoms with E-state index in [0.717, 1.165) is 55.1 Å². The highest BCUT2D eigenvalue weighted by Crippen LogP contribution is 2.36. The fourth-order valence-electron chi connectivity index (χ4n) is 3.06. The van der Waals surface area contributed by atoms with E-state index in [0.29, 0.717) is 23.2 Å². The molecule has 0 aliphatic rings. The minimum Gasteiger partial charge on any atom is -0.494 e. The van der Waals surface area contributed by atoms with Gasteiger partial charge in [-0.15, -0.1) is 0 Å². The predicted molar refractivity (Wildman–Crippen MR) is 121 cm³/mol. The molecule has 0 atom stereocenters. The van der Waals surface area contributed by atoms with Crippen LogP contribution in [0.25, 0.3) is 11.3 Å². The minimum absolute atomic E-state index is 0.471. The van der Waals surface area contributed by atoms with E-state index < -0.39 is 0 Å². The number of methoxy groups -OCH3 is 1. The average Bonchev–Trinajstić information content (AvgIpc) is 2.74. The summed E-state index contributed by atoms with van der Waals surface area (Å²) < 4.78 is 11.3. The van der Waals surface area contributed by atoms with Gasteiger partial charge in [0.1, 0.15) is 11.4 Å². The second-order valence-electron chi connectivity index (χ2n) is 7.06.